The van der Waals surface area contributed by atoms with Crippen LogP contribution in [0.15, 0.2) is 17.8 Å². The van der Waals surface area contributed by atoms with Crippen molar-refractivity contribution < 1.29 is 23.9 Å². The maximum Gasteiger partial charge on any atom is 0.331 e. The van der Waals surface area contributed by atoms with Crippen molar-refractivity contribution in [3.63, 3.8) is 0 Å². The summed E-state index contributed by atoms with van der Waals surface area (Å²) in [5, 5.41) is 7.94. The van der Waals surface area contributed by atoms with Crippen LogP contribution in [0.3, 0.4) is 0 Å². The molecule has 8 nitrogen and oxygen atoms in total. The van der Waals surface area contributed by atoms with E-state index in [0.29, 0.717) is 12.2 Å². The molecule has 0 bridgehead atoms. The first-order valence-corrected chi connectivity index (χ1v) is 10.3. The van der Waals surface area contributed by atoms with Crippen LogP contribution in [0.4, 0.5) is 0 Å². The van der Waals surface area contributed by atoms with E-state index in [1.165, 1.54) is 16.4 Å². The predicted octanol–water partition coefficient (Wildman–Crippen LogP) is 1.97. The summed E-state index contributed by atoms with van der Waals surface area (Å²) in [7, 11) is 0. The number of nitrogens with zero attached hydrogens (tertiary/aromatic N) is 2. The van der Waals surface area contributed by atoms with Gasteiger partial charge in [-0.15, -0.1) is 0 Å². The van der Waals surface area contributed by atoms with Gasteiger partial charge in [-0.3, -0.25) is 14.3 Å². The smallest absolute Gasteiger partial charge is 0.331 e. The van der Waals surface area contributed by atoms with Gasteiger partial charge in [-0.2, -0.15) is 5.10 Å². The van der Waals surface area contributed by atoms with E-state index < -0.39 is 18.0 Å². The second-order valence-corrected chi connectivity index (χ2v) is 7.66. The minimum absolute atomic E-state index is 0.0835. The molecule has 154 valence electrons. The molecule has 0 saturated carbocycles. The number of ether oxygens (including phenoxy) is 2. The van der Waals surface area contributed by atoms with E-state index >= 15 is 0 Å². The first-order chi connectivity index (χ1) is 13.4. The number of nitrogens with one attached hydrogen (secondary N) is 1. The van der Waals surface area contributed by atoms with Gasteiger partial charge < -0.3 is 14.8 Å². The van der Waals surface area contributed by atoms with Crippen molar-refractivity contribution in [1.29, 1.82) is 0 Å². The van der Waals surface area contributed by atoms with Crippen molar-refractivity contribution in [2.75, 3.05) is 26.3 Å². The van der Waals surface area contributed by atoms with Gasteiger partial charge in [0.05, 0.1) is 25.3 Å². The van der Waals surface area contributed by atoms with Gasteiger partial charge in [-0.05, 0) is 44.5 Å². The minimum atomic E-state index is -0.877. The van der Waals surface area contributed by atoms with E-state index in [4.69, 9.17) is 9.47 Å². The third kappa shape index (κ3) is 6.49. The fourth-order valence-electron chi connectivity index (χ4n) is 2.94. The highest BCUT2D eigenvalue weighted by molar-refractivity contribution is 8.14. The molecule has 9 heteroatoms. The Morgan fingerprint density at radius 1 is 1.36 bits per heavy atom. The van der Waals surface area contributed by atoms with E-state index in [1.807, 2.05) is 6.08 Å². The highest BCUT2D eigenvalue weighted by Crippen LogP contribution is 2.27. The van der Waals surface area contributed by atoms with Crippen LogP contribution in [-0.2, 0) is 23.9 Å². The maximum absolute atomic E-state index is 12.3. The van der Waals surface area contributed by atoms with Crippen molar-refractivity contribution in [2.24, 2.45) is 0 Å². The molecule has 1 fully saturated rings. The van der Waals surface area contributed by atoms with Crippen LogP contribution in [-0.4, -0.2) is 58.4 Å². The second kappa shape index (κ2) is 11.0. The zero-order valence-electron chi connectivity index (χ0n) is 16.5. The summed E-state index contributed by atoms with van der Waals surface area (Å²) in [5.74, 6) is -1.01. The topological polar surface area (TPSA) is 99.5 Å². The van der Waals surface area contributed by atoms with Crippen LogP contribution in [0.25, 0.3) is 6.08 Å². The lowest BCUT2D eigenvalue weighted by Gasteiger charge is -2.24. The number of hydrogen-bond donors (Lipinski definition) is 1. The van der Waals surface area contributed by atoms with Gasteiger partial charge in [0, 0.05) is 24.9 Å². The normalized spacial score (nSPS) is 19.2. The van der Waals surface area contributed by atoms with Crippen LogP contribution < -0.4 is 5.32 Å². The Hall–Kier alpha value is -2.13. The molecule has 1 aliphatic heterocycles. The summed E-state index contributed by atoms with van der Waals surface area (Å²) in [5.41, 5.74) is 1.74. The minimum Gasteiger partial charge on any atom is -0.466 e. The number of esters is 2. The van der Waals surface area contributed by atoms with E-state index in [1.54, 1.807) is 33.0 Å². The third-order valence-electron chi connectivity index (χ3n) is 4.14. The summed E-state index contributed by atoms with van der Waals surface area (Å²) in [4.78, 5) is 35.7. The average Bonchev–Trinajstić information content (AvgIpc) is 3.09. The number of carbonyl (C=O) groups excluding carboxylic acids is 3. The lowest BCUT2D eigenvalue weighted by Crippen LogP contribution is -2.32. The van der Waals surface area contributed by atoms with Crippen molar-refractivity contribution in [3.8, 4) is 0 Å². The number of carbonyl (C=O) groups is 3. The zero-order valence-corrected chi connectivity index (χ0v) is 17.3. The van der Waals surface area contributed by atoms with Crippen molar-refractivity contribution in [2.45, 2.75) is 44.9 Å². The Balaban J connectivity index is 2.20. The molecule has 0 spiro atoms. The highest BCUT2D eigenvalue weighted by Gasteiger charge is 2.27. The molecule has 28 heavy (non-hydrogen) atoms. The number of piperidine rings is 1. The first kappa shape index (κ1) is 22.2. The molecule has 2 rings (SSSR count). The lowest BCUT2D eigenvalue weighted by atomic mass is 10.0. The quantitative estimate of drug-likeness (QED) is 0.651. The second-order valence-electron chi connectivity index (χ2n) is 6.28. The fraction of sp³-hybridized carbons (Fsp3) is 0.579. The number of rotatable bonds is 8. The molecule has 1 N–H and O–H groups in total. The van der Waals surface area contributed by atoms with Crippen LogP contribution in [0.5, 0.6) is 0 Å². The molecule has 0 amide bonds. The van der Waals surface area contributed by atoms with E-state index in [2.05, 4.69) is 10.4 Å². The maximum atomic E-state index is 12.3. The standard InChI is InChI=1S/C19H27N3O5S/c1-4-26-18(24)11-16(19(25)27-5-2)22-9-7-15(21-22)10-14-12-20-8-6-17(14)28-13(3)23/h7,9-10,16-17,20H,4-6,8,11-12H2,1-3H3. The summed E-state index contributed by atoms with van der Waals surface area (Å²) < 4.78 is 11.5. The Kier molecular flexibility index (Phi) is 8.72. The van der Waals surface area contributed by atoms with Gasteiger partial charge in [-0.1, -0.05) is 11.8 Å². The molecule has 2 heterocycles. The average molecular weight is 410 g/mol. The molecule has 2 unspecified atom stereocenters. The van der Waals surface area contributed by atoms with Gasteiger partial charge in [0.2, 0.25) is 0 Å². The fourth-order valence-corrected chi connectivity index (χ4v) is 3.88. The third-order valence-corrected chi connectivity index (χ3v) is 5.29. The lowest BCUT2D eigenvalue weighted by molar-refractivity contribution is -0.154. The molecule has 1 saturated heterocycles. The largest absolute Gasteiger partial charge is 0.466 e. The number of aromatic nitrogens is 2. The molecule has 1 aromatic rings. The number of hydrogen-bond acceptors (Lipinski definition) is 8. The number of thioether (sulfide) groups is 1. The summed E-state index contributed by atoms with van der Waals surface area (Å²) >= 11 is 1.32. The molecule has 1 aliphatic rings. The van der Waals surface area contributed by atoms with Gasteiger partial charge in [0.15, 0.2) is 11.2 Å². The summed E-state index contributed by atoms with van der Waals surface area (Å²) in [6.07, 6.45) is 4.30. The molecular formula is C19H27N3O5S. The first-order valence-electron chi connectivity index (χ1n) is 9.40. The van der Waals surface area contributed by atoms with Crippen LogP contribution >= 0.6 is 11.8 Å². The van der Waals surface area contributed by atoms with Gasteiger partial charge in [0.1, 0.15) is 0 Å². The zero-order chi connectivity index (χ0) is 20.5. The predicted molar refractivity (Wildman–Crippen MR) is 107 cm³/mol. The van der Waals surface area contributed by atoms with E-state index in [-0.39, 0.29) is 30.0 Å². The molecule has 0 aromatic carbocycles. The van der Waals surface area contributed by atoms with Crippen molar-refractivity contribution in [3.05, 3.63) is 23.5 Å². The van der Waals surface area contributed by atoms with Crippen LogP contribution in [0.2, 0.25) is 0 Å². The van der Waals surface area contributed by atoms with Crippen molar-refractivity contribution in [1.82, 2.24) is 15.1 Å². The van der Waals surface area contributed by atoms with Gasteiger partial charge in [-0.25, -0.2) is 4.79 Å². The summed E-state index contributed by atoms with van der Waals surface area (Å²) in [6.45, 7) is 6.99. The molecule has 1 aromatic heterocycles. The highest BCUT2D eigenvalue weighted by atomic mass is 32.2. The van der Waals surface area contributed by atoms with Crippen LogP contribution in [0, 0.1) is 0 Å². The Morgan fingerprint density at radius 2 is 2.11 bits per heavy atom. The summed E-state index contributed by atoms with van der Waals surface area (Å²) in [6, 6.07) is 0.895. The van der Waals surface area contributed by atoms with Gasteiger partial charge in [0.25, 0.3) is 0 Å². The SMILES string of the molecule is CCOC(=O)CC(C(=O)OCC)n1ccc(C=C2CNCCC2SC(C)=O)n1. The Morgan fingerprint density at radius 3 is 2.79 bits per heavy atom. The molecule has 2 atom stereocenters. The molecule has 0 aliphatic carbocycles. The molecular weight excluding hydrogens is 382 g/mol. The van der Waals surface area contributed by atoms with Gasteiger partial charge >= 0.3 is 11.9 Å². The Labute approximate surface area is 169 Å². The Bertz CT molecular complexity index is 731. The van der Waals surface area contributed by atoms with Crippen LogP contribution in [0.1, 0.15) is 45.3 Å². The van der Waals surface area contributed by atoms with E-state index in [9.17, 15) is 14.4 Å². The monoisotopic (exact) mass is 409 g/mol. The van der Waals surface area contributed by atoms with Crippen molar-refractivity contribution >= 4 is 34.9 Å². The molecule has 0 radical (unpaired) electrons. The van der Waals surface area contributed by atoms with E-state index in [0.717, 1.165) is 18.5 Å².